The molecule has 12 heavy (non-hydrogen) atoms. The van der Waals surface area contributed by atoms with Crippen molar-refractivity contribution in [3.63, 3.8) is 0 Å². The number of rotatable bonds is 2. The van der Waals surface area contributed by atoms with Gasteiger partial charge >= 0.3 is 0 Å². The average Bonchev–Trinajstić information content (AvgIpc) is 2.76. The maximum absolute atomic E-state index is 10.8. The summed E-state index contributed by atoms with van der Waals surface area (Å²) in [7, 11) is 0. The first kappa shape index (κ1) is 8.22. The SMILES string of the molecule is O=CC1(C2=NCCS2)NCCO1. The largest absolute Gasteiger partial charge is 0.347 e. The first-order valence-corrected chi connectivity index (χ1v) is 4.89. The molecule has 1 saturated heterocycles. The fourth-order valence-corrected chi connectivity index (χ4v) is 2.28. The number of carbonyl (C=O) groups excluding carboxylic acids is 1. The highest BCUT2D eigenvalue weighted by atomic mass is 32.2. The summed E-state index contributed by atoms with van der Waals surface area (Å²) in [6.45, 7) is 2.09. The van der Waals surface area contributed by atoms with Crippen molar-refractivity contribution in [2.45, 2.75) is 5.72 Å². The second kappa shape index (κ2) is 3.16. The van der Waals surface area contributed by atoms with Crippen molar-refractivity contribution < 1.29 is 9.53 Å². The first-order chi connectivity index (χ1) is 5.87. The lowest BCUT2D eigenvalue weighted by Gasteiger charge is -2.20. The number of nitrogens with zero attached hydrogens (tertiary/aromatic N) is 1. The molecule has 0 aromatic heterocycles. The molecule has 2 aliphatic heterocycles. The van der Waals surface area contributed by atoms with Crippen LogP contribution in [0.15, 0.2) is 4.99 Å². The van der Waals surface area contributed by atoms with Crippen molar-refractivity contribution in [3.8, 4) is 0 Å². The molecule has 2 heterocycles. The van der Waals surface area contributed by atoms with Crippen molar-refractivity contribution in [3.05, 3.63) is 0 Å². The molecule has 5 heteroatoms. The Kier molecular flexibility index (Phi) is 2.16. The minimum absolute atomic E-state index is 0.582. The van der Waals surface area contributed by atoms with Crippen LogP contribution in [0.3, 0.4) is 0 Å². The van der Waals surface area contributed by atoms with Gasteiger partial charge in [-0.15, -0.1) is 11.8 Å². The molecule has 0 bridgehead atoms. The highest BCUT2D eigenvalue weighted by Crippen LogP contribution is 2.24. The second-order valence-corrected chi connectivity index (χ2v) is 3.75. The number of thioether (sulfide) groups is 1. The van der Waals surface area contributed by atoms with Gasteiger partial charge in [0, 0.05) is 18.8 Å². The number of carbonyl (C=O) groups is 1. The molecule has 1 fully saturated rings. The molecule has 1 N–H and O–H groups in total. The van der Waals surface area contributed by atoms with E-state index in [1.807, 2.05) is 0 Å². The van der Waals surface area contributed by atoms with Crippen molar-refractivity contribution in [2.75, 3.05) is 25.4 Å². The van der Waals surface area contributed by atoms with Gasteiger partial charge in [-0.25, -0.2) is 0 Å². The maximum Gasteiger partial charge on any atom is 0.225 e. The first-order valence-electron chi connectivity index (χ1n) is 3.90. The molecule has 0 aromatic rings. The summed E-state index contributed by atoms with van der Waals surface area (Å²) in [6, 6.07) is 0. The summed E-state index contributed by atoms with van der Waals surface area (Å²) < 4.78 is 5.34. The Morgan fingerprint density at radius 3 is 3.17 bits per heavy atom. The minimum atomic E-state index is -0.902. The maximum atomic E-state index is 10.8. The van der Waals surface area contributed by atoms with E-state index in [0.717, 1.165) is 30.2 Å². The lowest BCUT2D eigenvalue weighted by atomic mass is 10.3. The molecule has 2 aliphatic rings. The highest BCUT2D eigenvalue weighted by Gasteiger charge is 2.41. The Balaban J connectivity index is 2.20. The van der Waals surface area contributed by atoms with Gasteiger partial charge in [0.15, 0.2) is 6.29 Å². The lowest BCUT2D eigenvalue weighted by Crippen LogP contribution is -2.48. The van der Waals surface area contributed by atoms with Crippen molar-refractivity contribution >= 4 is 23.1 Å². The number of hydrogen-bond acceptors (Lipinski definition) is 5. The molecule has 0 aromatic carbocycles. The van der Waals surface area contributed by atoms with E-state index < -0.39 is 5.72 Å². The van der Waals surface area contributed by atoms with Crippen LogP contribution in [0.4, 0.5) is 0 Å². The summed E-state index contributed by atoms with van der Waals surface area (Å²) in [5, 5.41) is 3.81. The predicted octanol–water partition coefficient (Wildman–Crippen LogP) is -0.353. The van der Waals surface area contributed by atoms with Crippen LogP contribution in [0.2, 0.25) is 0 Å². The number of ether oxygens (including phenoxy) is 1. The van der Waals surface area contributed by atoms with Crippen LogP contribution in [0.5, 0.6) is 0 Å². The Labute approximate surface area is 74.8 Å². The number of nitrogens with one attached hydrogen (secondary N) is 1. The van der Waals surface area contributed by atoms with Gasteiger partial charge in [-0.05, 0) is 0 Å². The fraction of sp³-hybridized carbons (Fsp3) is 0.714. The fourth-order valence-electron chi connectivity index (χ4n) is 1.32. The molecular formula is C7H10N2O2S. The molecule has 0 spiro atoms. The van der Waals surface area contributed by atoms with Crippen LogP contribution >= 0.6 is 11.8 Å². The van der Waals surface area contributed by atoms with Crippen LogP contribution < -0.4 is 5.32 Å². The van der Waals surface area contributed by atoms with Gasteiger partial charge in [-0.2, -0.15) is 0 Å². The minimum Gasteiger partial charge on any atom is -0.347 e. The normalized spacial score (nSPS) is 35.2. The molecule has 0 saturated carbocycles. The van der Waals surface area contributed by atoms with Gasteiger partial charge in [-0.3, -0.25) is 15.1 Å². The predicted molar refractivity (Wildman–Crippen MR) is 47.5 cm³/mol. The van der Waals surface area contributed by atoms with Crippen LogP contribution in [-0.2, 0) is 9.53 Å². The van der Waals surface area contributed by atoms with E-state index in [1.165, 1.54) is 0 Å². The third-order valence-electron chi connectivity index (χ3n) is 1.89. The van der Waals surface area contributed by atoms with Crippen LogP contribution in [0.25, 0.3) is 0 Å². The number of aldehydes is 1. The van der Waals surface area contributed by atoms with Crippen molar-refractivity contribution in [1.29, 1.82) is 0 Å². The van der Waals surface area contributed by atoms with Crippen LogP contribution in [0, 0.1) is 0 Å². The topological polar surface area (TPSA) is 50.7 Å². The van der Waals surface area contributed by atoms with E-state index in [0.29, 0.717) is 6.61 Å². The monoisotopic (exact) mass is 186 g/mol. The lowest BCUT2D eigenvalue weighted by molar-refractivity contribution is -0.120. The Morgan fingerprint density at radius 2 is 2.67 bits per heavy atom. The van der Waals surface area contributed by atoms with Gasteiger partial charge in [0.1, 0.15) is 5.04 Å². The standard InChI is InChI=1S/C7H10N2O2S/c10-5-7(9-1-3-11-7)6-8-2-4-12-6/h5,9H,1-4H2. The molecule has 1 atom stereocenters. The van der Waals surface area contributed by atoms with Crippen molar-refractivity contribution in [2.24, 2.45) is 4.99 Å². The average molecular weight is 186 g/mol. The zero-order valence-electron chi connectivity index (χ0n) is 6.58. The third kappa shape index (κ3) is 1.18. The van der Waals surface area contributed by atoms with E-state index in [-0.39, 0.29) is 0 Å². The van der Waals surface area contributed by atoms with Gasteiger partial charge < -0.3 is 4.74 Å². The summed E-state index contributed by atoms with van der Waals surface area (Å²) in [6.07, 6.45) is 0.803. The Morgan fingerprint density at radius 1 is 1.75 bits per heavy atom. The molecule has 1 unspecified atom stereocenters. The molecule has 0 aliphatic carbocycles. The summed E-state index contributed by atoms with van der Waals surface area (Å²) in [5.41, 5.74) is -0.902. The smallest absolute Gasteiger partial charge is 0.225 e. The molecule has 0 amide bonds. The summed E-state index contributed by atoms with van der Waals surface area (Å²) in [5.74, 6) is 0.954. The second-order valence-electron chi connectivity index (χ2n) is 2.66. The molecule has 2 rings (SSSR count). The summed E-state index contributed by atoms with van der Waals surface area (Å²) in [4.78, 5) is 15.1. The highest BCUT2D eigenvalue weighted by molar-refractivity contribution is 8.14. The van der Waals surface area contributed by atoms with Crippen LogP contribution in [-0.4, -0.2) is 42.5 Å². The van der Waals surface area contributed by atoms with Gasteiger partial charge in [0.2, 0.25) is 5.72 Å². The van der Waals surface area contributed by atoms with E-state index >= 15 is 0 Å². The quantitative estimate of drug-likeness (QED) is 0.599. The summed E-state index contributed by atoms with van der Waals surface area (Å²) >= 11 is 1.59. The number of aliphatic imine (C=N–C) groups is 1. The van der Waals surface area contributed by atoms with Gasteiger partial charge in [-0.1, -0.05) is 0 Å². The van der Waals surface area contributed by atoms with E-state index in [9.17, 15) is 4.79 Å². The van der Waals surface area contributed by atoms with Crippen molar-refractivity contribution in [1.82, 2.24) is 5.32 Å². The molecule has 0 radical (unpaired) electrons. The van der Waals surface area contributed by atoms with E-state index in [2.05, 4.69) is 10.3 Å². The van der Waals surface area contributed by atoms with Crippen LogP contribution in [0.1, 0.15) is 0 Å². The van der Waals surface area contributed by atoms with Gasteiger partial charge in [0.25, 0.3) is 0 Å². The van der Waals surface area contributed by atoms with Gasteiger partial charge in [0.05, 0.1) is 6.61 Å². The molecule has 4 nitrogen and oxygen atoms in total. The molecule has 66 valence electrons. The zero-order chi connectivity index (χ0) is 8.44. The Hall–Kier alpha value is -0.390. The van der Waals surface area contributed by atoms with E-state index in [1.54, 1.807) is 11.8 Å². The molecular weight excluding hydrogens is 176 g/mol. The number of hydrogen-bond donors (Lipinski definition) is 1. The zero-order valence-corrected chi connectivity index (χ0v) is 7.39. The van der Waals surface area contributed by atoms with E-state index in [4.69, 9.17) is 4.74 Å². The Bertz CT molecular complexity index is 223. The third-order valence-corrected chi connectivity index (χ3v) is 2.98.